The minimum absolute atomic E-state index is 0.0934. The van der Waals surface area contributed by atoms with Crippen LogP contribution < -0.4 is 15.6 Å². The van der Waals surface area contributed by atoms with Gasteiger partial charge >= 0.3 is 0 Å². The van der Waals surface area contributed by atoms with Gasteiger partial charge in [-0.25, -0.2) is 19.3 Å². The Kier molecular flexibility index (Phi) is 5.19. The Morgan fingerprint density at radius 1 is 0.970 bits per heavy atom. The van der Waals surface area contributed by atoms with Crippen molar-refractivity contribution in [3.8, 4) is 22.8 Å². The highest BCUT2D eigenvalue weighted by Crippen LogP contribution is 2.21. The van der Waals surface area contributed by atoms with E-state index >= 15 is 4.39 Å². The van der Waals surface area contributed by atoms with Gasteiger partial charge in [-0.1, -0.05) is 0 Å². The van der Waals surface area contributed by atoms with Crippen molar-refractivity contribution < 1.29 is 9.13 Å². The van der Waals surface area contributed by atoms with E-state index < -0.39 is 11.4 Å². The van der Waals surface area contributed by atoms with E-state index in [9.17, 15) is 4.79 Å². The highest BCUT2D eigenvalue weighted by atomic mass is 19.1. The van der Waals surface area contributed by atoms with Crippen molar-refractivity contribution in [2.75, 3.05) is 14.2 Å². The minimum Gasteiger partial charge on any atom is -0.497 e. The van der Waals surface area contributed by atoms with Gasteiger partial charge in [-0.15, -0.1) is 0 Å². The number of fused-ring (bicyclic) bond motifs is 1. The molecule has 0 fully saturated rings. The topological polar surface area (TPSA) is 91.8 Å². The SMILES string of the molecule is CNCc1nccn1-c1ccc(-n2cnc3ncn(-c4ccc(OC)cc4)c3c2=O)c(F)c1. The number of rotatable bonds is 6. The van der Waals surface area contributed by atoms with Crippen LogP contribution in [0.1, 0.15) is 5.82 Å². The first kappa shape index (κ1) is 20.6. The predicted octanol–water partition coefficient (Wildman–Crippen LogP) is 2.62. The van der Waals surface area contributed by atoms with Gasteiger partial charge in [-0.3, -0.25) is 13.9 Å². The minimum atomic E-state index is -0.560. The lowest BCUT2D eigenvalue weighted by molar-refractivity contribution is 0.415. The molecule has 0 bridgehead atoms. The van der Waals surface area contributed by atoms with Crippen LogP contribution in [0.3, 0.4) is 0 Å². The number of hydrogen-bond donors (Lipinski definition) is 1. The summed E-state index contributed by atoms with van der Waals surface area (Å²) in [4.78, 5) is 26.1. The molecule has 5 rings (SSSR count). The highest BCUT2D eigenvalue weighted by molar-refractivity contribution is 5.72. The van der Waals surface area contributed by atoms with Crippen LogP contribution in [0, 0.1) is 5.82 Å². The summed E-state index contributed by atoms with van der Waals surface area (Å²) in [6.07, 6.45) is 6.22. The van der Waals surface area contributed by atoms with Gasteiger partial charge in [0.25, 0.3) is 5.56 Å². The van der Waals surface area contributed by atoms with Crippen molar-refractivity contribution >= 4 is 11.2 Å². The molecule has 0 aliphatic heterocycles. The summed E-state index contributed by atoms with van der Waals surface area (Å²) in [5.74, 6) is 0.875. The molecule has 0 amide bonds. The molecule has 10 heteroatoms. The summed E-state index contributed by atoms with van der Waals surface area (Å²) < 4.78 is 25.0. The number of halogens is 1. The van der Waals surface area contributed by atoms with E-state index in [1.807, 2.05) is 7.05 Å². The van der Waals surface area contributed by atoms with Crippen LogP contribution in [0.25, 0.3) is 28.2 Å². The number of imidazole rings is 2. The highest BCUT2D eigenvalue weighted by Gasteiger charge is 2.16. The summed E-state index contributed by atoms with van der Waals surface area (Å²) in [6.45, 7) is 0.533. The van der Waals surface area contributed by atoms with Gasteiger partial charge in [0.05, 0.1) is 19.3 Å². The Morgan fingerprint density at radius 2 is 1.70 bits per heavy atom. The molecule has 2 aromatic carbocycles. The molecule has 0 spiro atoms. The zero-order valence-corrected chi connectivity index (χ0v) is 17.9. The fourth-order valence-electron chi connectivity index (χ4n) is 3.72. The summed E-state index contributed by atoms with van der Waals surface area (Å²) >= 11 is 0. The maximum Gasteiger partial charge on any atom is 0.284 e. The van der Waals surface area contributed by atoms with Gasteiger partial charge in [0.2, 0.25) is 0 Å². The van der Waals surface area contributed by atoms with Gasteiger partial charge in [0.15, 0.2) is 11.2 Å². The second-order valence-electron chi connectivity index (χ2n) is 7.28. The Balaban J connectivity index is 1.59. The molecule has 0 saturated carbocycles. The molecule has 0 aliphatic carbocycles. The monoisotopic (exact) mass is 445 g/mol. The van der Waals surface area contributed by atoms with E-state index in [1.54, 1.807) is 65.0 Å². The van der Waals surface area contributed by atoms with Crippen LogP contribution in [-0.4, -0.2) is 42.8 Å². The van der Waals surface area contributed by atoms with Gasteiger partial charge in [0, 0.05) is 29.8 Å². The maximum absolute atomic E-state index is 15.2. The normalized spacial score (nSPS) is 11.2. The molecule has 9 nitrogen and oxygen atoms in total. The third kappa shape index (κ3) is 3.56. The van der Waals surface area contributed by atoms with Gasteiger partial charge < -0.3 is 14.6 Å². The van der Waals surface area contributed by atoms with Crippen LogP contribution in [0.5, 0.6) is 5.75 Å². The van der Waals surface area contributed by atoms with Gasteiger partial charge in [0.1, 0.15) is 30.0 Å². The maximum atomic E-state index is 15.2. The van der Waals surface area contributed by atoms with Crippen LogP contribution >= 0.6 is 0 Å². The van der Waals surface area contributed by atoms with Crippen molar-refractivity contribution in [2.45, 2.75) is 6.54 Å². The van der Waals surface area contributed by atoms with E-state index in [1.165, 1.54) is 23.3 Å². The molecule has 33 heavy (non-hydrogen) atoms. The lowest BCUT2D eigenvalue weighted by atomic mass is 10.2. The standard InChI is InChI=1S/C23H20FN7O2/c1-25-12-20-26-9-10-29(20)16-5-8-19(18(24)11-16)31-14-28-22-21(23(31)32)30(13-27-22)15-3-6-17(33-2)7-4-15/h3-11,13-14,25H,12H2,1-2H3. The Hall–Kier alpha value is -4.31. The first-order chi connectivity index (χ1) is 16.1. The van der Waals surface area contributed by atoms with Crippen molar-refractivity contribution in [3.63, 3.8) is 0 Å². The third-order valence-corrected chi connectivity index (χ3v) is 5.34. The molecular weight excluding hydrogens is 425 g/mol. The van der Waals surface area contributed by atoms with E-state index in [-0.39, 0.29) is 16.9 Å². The molecule has 0 radical (unpaired) electrons. The molecule has 0 atom stereocenters. The fraction of sp³-hybridized carbons (Fsp3) is 0.130. The summed E-state index contributed by atoms with van der Waals surface area (Å²) in [5.41, 5.74) is 1.50. The average Bonchev–Trinajstić information content (AvgIpc) is 3.48. The third-order valence-electron chi connectivity index (χ3n) is 5.34. The van der Waals surface area contributed by atoms with Crippen molar-refractivity contribution in [2.24, 2.45) is 0 Å². The van der Waals surface area contributed by atoms with E-state index in [2.05, 4.69) is 20.3 Å². The lowest BCUT2D eigenvalue weighted by Crippen LogP contribution is -2.21. The number of methoxy groups -OCH3 is 1. The number of nitrogens with one attached hydrogen (secondary N) is 1. The predicted molar refractivity (Wildman–Crippen MR) is 121 cm³/mol. The Labute approximate surface area is 187 Å². The number of hydrogen-bond acceptors (Lipinski definition) is 6. The molecule has 166 valence electrons. The molecule has 5 aromatic rings. The average molecular weight is 445 g/mol. The molecule has 3 aromatic heterocycles. The van der Waals surface area contributed by atoms with Crippen molar-refractivity contribution in [3.05, 3.63) is 89.5 Å². The molecule has 0 aliphatic rings. The Morgan fingerprint density at radius 3 is 2.39 bits per heavy atom. The first-order valence-electron chi connectivity index (χ1n) is 10.2. The van der Waals surface area contributed by atoms with Gasteiger partial charge in [-0.2, -0.15) is 0 Å². The number of ether oxygens (including phenoxy) is 1. The van der Waals surface area contributed by atoms with Gasteiger partial charge in [-0.05, 0) is 43.4 Å². The number of nitrogens with zero attached hydrogens (tertiary/aromatic N) is 6. The largest absolute Gasteiger partial charge is 0.497 e. The zero-order chi connectivity index (χ0) is 22.9. The summed E-state index contributed by atoms with van der Waals surface area (Å²) in [7, 11) is 3.40. The van der Waals surface area contributed by atoms with Crippen LogP contribution in [-0.2, 0) is 6.54 Å². The van der Waals surface area contributed by atoms with Crippen LogP contribution in [0.2, 0.25) is 0 Å². The van der Waals surface area contributed by atoms with E-state index in [0.29, 0.717) is 23.7 Å². The van der Waals surface area contributed by atoms with Crippen molar-refractivity contribution in [1.29, 1.82) is 0 Å². The summed E-state index contributed by atoms with van der Waals surface area (Å²) in [5, 5.41) is 3.03. The summed E-state index contributed by atoms with van der Waals surface area (Å²) in [6, 6.07) is 11.8. The molecular formula is C23H20FN7O2. The molecule has 0 saturated heterocycles. The lowest BCUT2D eigenvalue weighted by Gasteiger charge is -2.12. The smallest absolute Gasteiger partial charge is 0.284 e. The van der Waals surface area contributed by atoms with Crippen LogP contribution in [0.4, 0.5) is 4.39 Å². The van der Waals surface area contributed by atoms with E-state index in [4.69, 9.17) is 4.74 Å². The number of aromatic nitrogens is 6. The zero-order valence-electron chi connectivity index (χ0n) is 17.9. The first-order valence-corrected chi connectivity index (χ1v) is 10.2. The second kappa shape index (κ2) is 8.32. The second-order valence-corrected chi connectivity index (χ2v) is 7.28. The van der Waals surface area contributed by atoms with E-state index in [0.717, 1.165) is 5.82 Å². The molecule has 1 N–H and O–H groups in total. The quantitative estimate of drug-likeness (QED) is 0.432. The van der Waals surface area contributed by atoms with Crippen molar-refractivity contribution in [1.82, 2.24) is 34.0 Å². The molecule has 0 unspecified atom stereocenters. The number of benzene rings is 2. The molecule has 3 heterocycles. The Bertz CT molecular complexity index is 1500. The van der Waals surface area contributed by atoms with Crippen LogP contribution in [0.15, 0.2) is 72.3 Å². The fourth-order valence-corrected chi connectivity index (χ4v) is 3.72.